The van der Waals surface area contributed by atoms with Gasteiger partial charge in [0.2, 0.25) is 5.91 Å². The maximum Gasteiger partial charge on any atom is 0.330 e. The molecule has 210 valence electrons. The molecule has 2 aromatic rings. The van der Waals surface area contributed by atoms with Gasteiger partial charge in [-0.15, -0.1) is 0 Å². The van der Waals surface area contributed by atoms with Crippen LogP contribution in [0.5, 0.6) is 23.0 Å². The van der Waals surface area contributed by atoms with Crippen LogP contribution >= 0.6 is 0 Å². The van der Waals surface area contributed by atoms with E-state index >= 15 is 0 Å². The van der Waals surface area contributed by atoms with Crippen molar-refractivity contribution < 1.29 is 52.5 Å². The fraction of sp³-hybridized carbons (Fsp3) is 0.214. The molecule has 0 saturated carbocycles. The van der Waals surface area contributed by atoms with Crippen LogP contribution in [-0.4, -0.2) is 48.9 Å². The molecule has 1 N–H and O–H groups in total. The SMILES string of the molecule is CC(=O)Oc1ccc(C=CC(=O)NCCOC(=O)C=Cc2ccc(OC(C)=O)c(OC(C)=O)c2)cc1OC(C)=O. The minimum absolute atomic E-state index is 0.0110. The molecule has 0 radical (unpaired) electrons. The zero-order valence-corrected chi connectivity index (χ0v) is 22.2. The summed E-state index contributed by atoms with van der Waals surface area (Å²) in [6, 6.07) is 8.78. The van der Waals surface area contributed by atoms with E-state index in [0.29, 0.717) is 11.1 Å². The molecule has 0 aromatic heterocycles. The van der Waals surface area contributed by atoms with Crippen LogP contribution < -0.4 is 24.3 Å². The molecule has 1 amide bonds. The van der Waals surface area contributed by atoms with Crippen LogP contribution in [0.25, 0.3) is 12.2 Å². The van der Waals surface area contributed by atoms with Crippen molar-refractivity contribution in [3.05, 3.63) is 59.7 Å². The normalized spacial score (nSPS) is 10.6. The first-order valence-electron chi connectivity index (χ1n) is 11.8. The summed E-state index contributed by atoms with van der Waals surface area (Å²) >= 11 is 0. The summed E-state index contributed by atoms with van der Waals surface area (Å²) in [6.45, 7) is 4.72. The standard InChI is InChI=1S/C28H27NO11/c1-17(30)37-23-9-5-21(15-25(23)39-19(3)32)7-11-27(34)29-13-14-36-28(35)12-8-22-6-10-24(38-18(2)31)26(16-22)40-20(4)33/h5-12,15-16H,13-14H2,1-4H3,(H,29,34). The first kappa shape index (κ1) is 31.0. The monoisotopic (exact) mass is 553 g/mol. The fourth-order valence-corrected chi connectivity index (χ4v) is 2.97. The second-order valence-electron chi connectivity index (χ2n) is 7.91. The molecule has 0 unspecified atom stereocenters. The summed E-state index contributed by atoms with van der Waals surface area (Å²) in [5.74, 6) is -3.42. The lowest BCUT2D eigenvalue weighted by Crippen LogP contribution is -2.26. The minimum Gasteiger partial charge on any atom is -0.461 e. The van der Waals surface area contributed by atoms with E-state index in [-0.39, 0.29) is 36.1 Å². The number of ether oxygens (including phenoxy) is 5. The van der Waals surface area contributed by atoms with Crippen LogP contribution in [0.1, 0.15) is 38.8 Å². The highest BCUT2D eigenvalue weighted by molar-refractivity contribution is 5.92. The number of carbonyl (C=O) groups is 6. The van der Waals surface area contributed by atoms with E-state index in [4.69, 9.17) is 23.7 Å². The van der Waals surface area contributed by atoms with Crippen LogP contribution in [-0.2, 0) is 33.5 Å². The van der Waals surface area contributed by atoms with Crippen LogP contribution in [0.2, 0.25) is 0 Å². The molecule has 12 nitrogen and oxygen atoms in total. The summed E-state index contributed by atoms with van der Waals surface area (Å²) in [6.07, 6.45) is 5.22. The van der Waals surface area contributed by atoms with Gasteiger partial charge in [-0.1, -0.05) is 12.1 Å². The molecule has 0 heterocycles. The van der Waals surface area contributed by atoms with Gasteiger partial charge < -0.3 is 29.0 Å². The molecule has 0 fully saturated rings. The predicted molar refractivity (Wildman–Crippen MR) is 140 cm³/mol. The van der Waals surface area contributed by atoms with Crippen LogP contribution in [0.3, 0.4) is 0 Å². The Hall–Kier alpha value is -5.26. The van der Waals surface area contributed by atoms with E-state index in [1.54, 1.807) is 12.1 Å². The van der Waals surface area contributed by atoms with E-state index in [2.05, 4.69) is 5.32 Å². The molecule has 40 heavy (non-hydrogen) atoms. The lowest BCUT2D eigenvalue weighted by molar-refractivity contribution is -0.138. The lowest BCUT2D eigenvalue weighted by Gasteiger charge is -2.09. The molecular formula is C28H27NO11. The highest BCUT2D eigenvalue weighted by Crippen LogP contribution is 2.30. The first-order chi connectivity index (χ1) is 18.9. The quantitative estimate of drug-likeness (QED) is 0.189. The van der Waals surface area contributed by atoms with Gasteiger partial charge >= 0.3 is 29.8 Å². The Balaban J connectivity index is 1.87. The van der Waals surface area contributed by atoms with Gasteiger partial charge in [-0.25, -0.2) is 4.79 Å². The van der Waals surface area contributed by atoms with E-state index in [1.807, 2.05) is 0 Å². The second kappa shape index (κ2) is 15.2. The average Bonchev–Trinajstić information content (AvgIpc) is 2.85. The Labute approximate surface area is 229 Å². The number of carbonyl (C=O) groups excluding carboxylic acids is 6. The number of nitrogens with one attached hydrogen (secondary N) is 1. The number of rotatable bonds is 11. The molecule has 12 heteroatoms. The summed E-state index contributed by atoms with van der Waals surface area (Å²) < 4.78 is 25.1. The van der Waals surface area contributed by atoms with Gasteiger partial charge in [0, 0.05) is 39.8 Å². The highest BCUT2D eigenvalue weighted by atomic mass is 16.6. The maximum atomic E-state index is 12.1. The zero-order chi connectivity index (χ0) is 29.7. The van der Waals surface area contributed by atoms with Crippen molar-refractivity contribution in [2.45, 2.75) is 27.7 Å². The predicted octanol–water partition coefficient (Wildman–Crippen LogP) is 2.77. The summed E-state index contributed by atoms with van der Waals surface area (Å²) in [7, 11) is 0. The van der Waals surface area contributed by atoms with Gasteiger partial charge in [-0.2, -0.15) is 0 Å². The number of esters is 5. The third-order valence-corrected chi connectivity index (χ3v) is 4.43. The molecule has 0 bridgehead atoms. The third-order valence-electron chi connectivity index (χ3n) is 4.43. The molecule has 2 aromatic carbocycles. The molecule has 0 aliphatic rings. The van der Waals surface area contributed by atoms with Crippen molar-refractivity contribution in [3.8, 4) is 23.0 Å². The van der Waals surface area contributed by atoms with Crippen LogP contribution in [0.15, 0.2) is 48.6 Å². The fourth-order valence-electron chi connectivity index (χ4n) is 2.97. The van der Waals surface area contributed by atoms with Crippen molar-refractivity contribution in [1.29, 1.82) is 0 Å². The number of hydrogen-bond acceptors (Lipinski definition) is 11. The number of amides is 1. The van der Waals surface area contributed by atoms with E-state index in [0.717, 1.165) is 6.08 Å². The third kappa shape index (κ3) is 11.4. The maximum absolute atomic E-state index is 12.1. The van der Waals surface area contributed by atoms with Crippen molar-refractivity contribution in [2.75, 3.05) is 13.2 Å². The second-order valence-corrected chi connectivity index (χ2v) is 7.91. The lowest BCUT2D eigenvalue weighted by atomic mass is 10.2. The van der Waals surface area contributed by atoms with Crippen molar-refractivity contribution in [1.82, 2.24) is 5.32 Å². The van der Waals surface area contributed by atoms with E-state index < -0.39 is 35.8 Å². The molecule has 0 atom stereocenters. The zero-order valence-electron chi connectivity index (χ0n) is 22.2. The van der Waals surface area contributed by atoms with Gasteiger partial charge in [0.05, 0.1) is 6.54 Å². The minimum atomic E-state index is -0.686. The van der Waals surface area contributed by atoms with Gasteiger partial charge in [0.1, 0.15) is 6.61 Å². The molecular weight excluding hydrogens is 526 g/mol. The van der Waals surface area contributed by atoms with Gasteiger partial charge in [-0.05, 0) is 47.5 Å². The summed E-state index contributed by atoms with van der Waals surface area (Å²) in [5.41, 5.74) is 0.969. The van der Waals surface area contributed by atoms with Gasteiger partial charge in [0.15, 0.2) is 23.0 Å². The summed E-state index contributed by atoms with van der Waals surface area (Å²) in [4.78, 5) is 69.1. The molecule has 0 aliphatic heterocycles. The van der Waals surface area contributed by atoms with E-state index in [1.165, 1.54) is 70.2 Å². The number of hydrogen-bond donors (Lipinski definition) is 1. The van der Waals surface area contributed by atoms with Crippen molar-refractivity contribution in [3.63, 3.8) is 0 Å². The van der Waals surface area contributed by atoms with Crippen LogP contribution in [0, 0.1) is 0 Å². The van der Waals surface area contributed by atoms with E-state index in [9.17, 15) is 28.8 Å². The Morgan fingerprint density at radius 2 is 1.05 bits per heavy atom. The van der Waals surface area contributed by atoms with Gasteiger partial charge in [0.25, 0.3) is 0 Å². The topological polar surface area (TPSA) is 161 Å². The number of benzene rings is 2. The Morgan fingerprint density at radius 3 is 1.50 bits per heavy atom. The van der Waals surface area contributed by atoms with Crippen LogP contribution in [0.4, 0.5) is 0 Å². The molecule has 0 saturated heterocycles. The molecule has 2 rings (SSSR count). The Morgan fingerprint density at radius 1 is 0.625 bits per heavy atom. The Kier molecular flexibility index (Phi) is 11.8. The van der Waals surface area contributed by atoms with Crippen molar-refractivity contribution in [2.24, 2.45) is 0 Å². The highest BCUT2D eigenvalue weighted by Gasteiger charge is 2.12. The molecule has 0 aliphatic carbocycles. The average molecular weight is 554 g/mol. The smallest absolute Gasteiger partial charge is 0.330 e. The summed E-state index contributed by atoms with van der Waals surface area (Å²) in [5, 5.41) is 2.54. The van der Waals surface area contributed by atoms with Crippen molar-refractivity contribution >= 4 is 47.9 Å². The Bertz CT molecular complexity index is 1250. The largest absolute Gasteiger partial charge is 0.461 e. The molecule has 0 spiro atoms. The first-order valence-corrected chi connectivity index (χ1v) is 11.8. The van der Waals surface area contributed by atoms with Gasteiger partial charge in [-0.3, -0.25) is 24.0 Å².